The average molecular weight is 399 g/mol. The number of ether oxygens (including phenoxy) is 1. The number of nitrogens with zero attached hydrogens (tertiary/aromatic N) is 2. The highest BCUT2D eigenvalue weighted by molar-refractivity contribution is 5.69. The van der Waals surface area contributed by atoms with E-state index in [1.165, 1.54) is 12.1 Å². The zero-order valence-corrected chi connectivity index (χ0v) is 16.8. The molecule has 1 aromatic carbocycles. The van der Waals surface area contributed by atoms with Gasteiger partial charge >= 0.3 is 12.3 Å². The second kappa shape index (κ2) is 7.46. The summed E-state index contributed by atoms with van der Waals surface area (Å²) in [5, 5.41) is 3.25. The van der Waals surface area contributed by atoms with Crippen LogP contribution in [0.4, 0.5) is 23.7 Å². The molecule has 2 heterocycles. The Morgan fingerprint density at radius 2 is 1.93 bits per heavy atom. The highest BCUT2D eigenvalue weighted by Crippen LogP contribution is 2.37. The molecule has 156 valence electrons. The second-order valence-electron chi connectivity index (χ2n) is 8.53. The normalized spacial score (nSPS) is 20.8. The van der Waals surface area contributed by atoms with Crippen LogP contribution in [0.5, 0.6) is 0 Å². The van der Waals surface area contributed by atoms with Gasteiger partial charge in [0, 0.05) is 37.9 Å². The summed E-state index contributed by atoms with van der Waals surface area (Å²) in [6.07, 6.45) is -4.18. The van der Waals surface area contributed by atoms with Crippen LogP contribution in [-0.4, -0.2) is 48.8 Å². The molecule has 0 radical (unpaired) electrons. The Hall–Kier alpha value is -1.96. The fourth-order valence-corrected chi connectivity index (χ4v) is 3.79. The number of fused-ring (bicyclic) bond motifs is 1. The molecule has 5 nitrogen and oxygen atoms in total. The number of carbonyl (C=O) groups is 1. The van der Waals surface area contributed by atoms with Crippen LogP contribution in [0.2, 0.25) is 0 Å². The molecule has 0 unspecified atom stereocenters. The molecule has 1 aromatic rings. The number of hydrogen-bond acceptors (Lipinski definition) is 4. The molecular formula is C20H28F3N3O2. The van der Waals surface area contributed by atoms with Gasteiger partial charge < -0.3 is 19.9 Å². The number of anilines is 1. The summed E-state index contributed by atoms with van der Waals surface area (Å²) >= 11 is 0. The van der Waals surface area contributed by atoms with Gasteiger partial charge in [0.2, 0.25) is 0 Å². The van der Waals surface area contributed by atoms with E-state index in [9.17, 15) is 18.0 Å². The summed E-state index contributed by atoms with van der Waals surface area (Å²) in [5.41, 5.74) is 1.11. The first-order chi connectivity index (χ1) is 13.0. The van der Waals surface area contributed by atoms with E-state index in [-0.39, 0.29) is 12.1 Å². The van der Waals surface area contributed by atoms with Crippen LogP contribution in [0, 0.1) is 0 Å². The molecule has 1 saturated heterocycles. The monoisotopic (exact) mass is 399 g/mol. The van der Waals surface area contributed by atoms with E-state index < -0.39 is 17.3 Å². The number of piperazine rings is 1. The van der Waals surface area contributed by atoms with E-state index in [1.807, 2.05) is 32.6 Å². The molecule has 2 aliphatic heterocycles. The SMILES string of the molecule is C[C@@H]1CN(c2cc(C(F)(F)F)cc3c2CNCC3)CCN1C(=O)OC(C)(C)C. The Kier molecular flexibility index (Phi) is 5.53. The summed E-state index contributed by atoms with van der Waals surface area (Å²) in [7, 11) is 0. The van der Waals surface area contributed by atoms with Gasteiger partial charge in [0.15, 0.2) is 0 Å². The summed E-state index contributed by atoms with van der Waals surface area (Å²) in [4.78, 5) is 16.0. The summed E-state index contributed by atoms with van der Waals surface area (Å²) < 4.78 is 45.7. The number of benzene rings is 1. The lowest BCUT2D eigenvalue weighted by Gasteiger charge is -2.42. The van der Waals surface area contributed by atoms with Gasteiger partial charge in [-0.3, -0.25) is 0 Å². The molecule has 0 saturated carbocycles. The molecule has 0 aliphatic carbocycles. The van der Waals surface area contributed by atoms with Crippen molar-refractivity contribution in [1.82, 2.24) is 10.2 Å². The standard InChI is InChI=1S/C20H28F3N3O2/c1-13-12-25(7-8-26(13)18(27)28-19(2,3)4)17-10-15(20(21,22)23)9-14-5-6-24-11-16(14)17/h9-10,13,24H,5-8,11-12H2,1-4H3/t13-/m1/s1. The molecule has 3 rings (SSSR count). The van der Waals surface area contributed by atoms with E-state index in [0.29, 0.717) is 44.8 Å². The number of rotatable bonds is 1. The molecule has 1 N–H and O–H groups in total. The quantitative estimate of drug-likeness (QED) is 0.780. The molecule has 28 heavy (non-hydrogen) atoms. The van der Waals surface area contributed by atoms with Crippen LogP contribution >= 0.6 is 0 Å². The van der Waals surface area contributed by atoms with Crippen LogP contribution < -0.4 is 10.2 Å². The molecule has 0 aromatic heterocycles. The van der Waals surface area contributed by atoms with Crippen molar-refractivity contribution in [2.24, 2.45) is 0 Å². The van der Waals surface area contributed by atoms with E-state index in [2.05, 4.69) is 5.32 Å². The van der Waals surface area contributed by atoms with Crippen molar-refractivity contribution in [2.45, 2.75) is 58.5 Å². The molecule has 8 heteroatoms. The maximum Gasteiger partial charge on any atom is 0.416 e. The highest BCUT2D eigenvalue weighted by Gasteiger charge is 2.35. The average Bonchev–Trinajstić information content (AvgIpc) is 2.58. The largest absolute Gasteiger partial charge is 0.444 e. The minimum atomic E-state index is -4.38. The van der Waals surface area contributed by atoms with Gasteiger partial charge in [0.1, 0.15) is 5.60 Å². The zero-order valence-electron chi connectivity index (χ0n) is 16.8. The van der Waals surface area contributed by atoms with Gasteiger partial charge in [0.25, 0.3) is 0 Å². The van der Waals surface area contributed by atoms with Gasteiger partial charge in [-0.15, -0.1) is 0 Å². The topological polar surface area (TPSA) is 44.8 Å². The Bertz CT molecular complexity index is 743. The van der Waals surface area contributed by atoms with Gasteiger partial charge in [-0.25, -0.2) is 4.79 Å². The summed E-state index contributed by atoms with van der Waals surface area (Å²) in [6, 6.07) is 2.37. The van der Waals surface area contributed by atoms with Crippen molar-refractivity contribution in [1.29, 1.82) is 0 Å². The fourth-order valence-electron chi connectivity index (χ4n) is 3.79. The van der Waals surface area contributed by atoms with Gasteiger partial charge in [0.05, 0.1) is 5.56 Å². The van der Waals surface area contributed by atoms with Crippen molar-refractivity contribution in [3.63, 3.8) is 0 Å². The molecule has 2 aliphatic rings. The van der Waals surface area contributed by atoms with E-state index in [0.717, 1.165) is 11.1 Å². The lowest BCUT2D eigenvalue weighted by molar-refractivity contribution is -0.137. The summed E-state index contributed by atoms with van der Waals surface area (Å²) in [5.74, 6) is 0. The predicted molar refractivity (Wildman–Crippen MR) is 101 cm³/mol. The van der Waals surface area contributed by atoms with E-state index in [1.54, 1.807) is 4.90 Å². The maximum atomic E-state index is 13.4. The number of alkyl halides is 3. The molecular weight excluding hydrogens is 371 g/mol. The van der Waals surface area contributed by atoms with Crippen molar-refractivity contribution in [2.75, 3.05) is 31.1 Å². The third kappa shape index (κ3) is 4.54. The first-order valence-electron chi connectivity index (χ1n) is 9.64. The lowest BCUT2D eigenvalue weighted by Crippen LogP contribution is -2.55. The highest BCUT2D eigenvalue weighted by atomic mass is 19.4. The molecule has 0 spiro atoms. The van der Waals surface area contributed by atoms with Gasteiger partial charge in [-0.05, 0) is 63.9 Å². The van der Waals surface area contributed by atoms with Crippen molar-refractivity contribution in [3.8, 4) is 0 Å². The van der Waals surface area contributed by atoms with Crippen molar-refractivity contribution >= 4 is 11.8 Å². The number of halogens is 3. The second-order valence-corrected chi connectivity index (χ2v) is 8.53. The number of amides is 1. The van der Waals surface area contributed by atoms with Crippen LogP contribution in [-0.2, 0) is 23.9 Å². The summed E-state index contributed by atoms with van der Waals surface area (Å²) in [6.45, 7) is 9.92. The number of hydrogen-bond donors (Lipinski definition) is 1. The van der Waals surface area contributed by atoms with Crippen LogP contribution in [0.25, 0.3) is 0 Å². The maximum absolute atomic E-state index is 13.4. The Balaban J connectivity index is 1.84. The van der Waals surface area contributed by atoms with Crippen molar-refractivity contribution in [3.05, 3.63) is 28.8 Å². The molecule has 1 atom stereocenters. The first-order valence-corrected chi connectivity index (χ1v) is 9.64. The third-order valence-corrected chi connectivity index (χ3v) is 5.12. The Morgan fingerprint density at radius 1 is 1.21 bits per heavy atom. The van der Waals surface area contributed by atoms with Crippen molar-refractivity contribution < 1.29 is 22.7 Å². The van der Waals surface area contributed by atoms with Crippen LogP contribution in [0.1, 0.15) is 44.4 Å². The Morgan fingerprint density at radius 3 is 2.54 bits per heavy atom. The Labute approximate surface area is 163 Å². The molecule has 0 bridgehead atoms. The molecule has 1 amide bonds. The van der Waals surface area contributed by atoms with E-state index >= 15 is 0 Å². The van der Waals surface area contributed by atoms with Gasteiger partial charge in [-0.2, -0.15) is 13.2 Å². The van der Waals surface area contributed by atoms with E-state index in [4.69, 9.17) is 4.74 Å². The van der Waals surface area contributed by atoms with Gasteiger partial charge in [-0.1, -0.05) is 0 Å². The fraction of sp³-hybridized carbons (Fsp3) is 0.650. The first kappa shape index (κ1) is 20.8. The minimum absolute atomic E-state index is 0.162. The lowest BCUT2D eigenvalue weighted by atomic mass is 9.95. The predicted octanol–water partition coefficient (Wildman–Crippen LogP) is 3.80. The van der Waals surface area contributed by atoms with Crippen LogP contribution in [0.3, 0.4) is 0 Å². The number of carbonyl (C=O) groups excluding carboxylic acids is 1. The minimum Gasteiger partial charge on any atom is -0.444 e. The number of nitrogens with one attached hydrogen (secondary N) is 1. The third-order valence-electron chi connectivity index (χ3n) is 5.12. The smallest absolute Gasteiger partial charge is 0.416 e. The molecule has 1 fully saturated rings. The zero-order chi connectivity index (χ0) is 20.7. The van der Waals surface area contributed by atoms with Crippen LogP contribution in [0.15, 0.2) is 12.1 Å².